The quantitative estimate of drug-likeness (QED) is 0.546. The molecule has 1 heterocycles. The van der Waals surface area contributed by atoms with Crippen molar-refractivity contribution in [1.82, 2.24) is 14.8 Å². The van der Waals surface area contributed by atoms with Gasteiger partial charge in [-0.25, -0.2) is 14.9 Å². The molecule has 0 bridgehead atoms. The van der Waals surface area contributed by atoms with E-state index in [2.05, 4.69) is 48.2 Å². The largest absolute Gasteiger partial charge is 0.245 e. The molecule has 0 spiro atoms. The van der Waals surface area contributed by atoms with E-state index in [4.69, 9.17) is 5.26 Å². The van der Waals surface area contributed by atoms with Gasteiger partial charge in [0.2, 0.25) is 0 Å². The first kappa shape index (κ1) is 16.1. The van der Waals surface area contributed by atoms with E-state index in [9.17, 15) is 0 Å². The molecule has 0 aliphatic rings. The van der Waals surface area contributed by atoms with Crippen LogP contribution in [0.1, 0.15) is 16.7 Å². The summed E-state index contributed by atoms with van der Waals surface area (Å²) >= 11 is 0. The molecule has 0 aliphatic carbocycles. The minimum absolute atomic E-state index is 0. The van der Waals surface area contributed by atoms with Crippen molar-refractivity contribution >= 4 is 0 Å². The molecule has 4 nitrogen and oxygen atoms in total. The van der Waals surface area contributed by atoms with Gasteiger partial charge in [0.25, 0.3) is 0 Å². The molecule has 0 aliphatic heterocycles. The molecule has 0 fully saturated rings. The number of rotatable bonds is 2. The molecule has 0 N–H and O–H groups in total. The van der Waals surface area contributed by atoms with E-state index in [1.165, 1.54) is 6.33 Å². The Labute approximate surface area is 142 Å². The second kappa shape index (κ2) is 6.65. The molecule has 0 saturated carbocycles. The number of nitriles is 1. The first-order valence-electron chi connectivity index (χ1n) is 6.58. The Morgan fingerprint density at radius 2 is 1.95 bits per heavy atom. The molecule has 22 heavy (non-hydrogen) atoms. The Kier molecular flexibility index (Phi) is 4.87. The van der Waals surface area contributed by atoms with Gasteiger partial charge >= 0.3 is 0 Å². The average molecular weight is 466 g/mol. The van der Waals surface area contributed by atoms with Crippen LogP contribution in [0, 0.1) is 31.2 Å². The van der Waals surface area contributed by atoms with Crippen molar-refractivity contribution in [2.24, 2.45) is 0 Å². The van der Waals surface area contributed by atoms with Gasteiger partial charge in [-0.15, -0.1) is 11.6 Å². The summed E-state index contributed by atoms with van der Waals surface area (Å²) in [5.41, 5.74) is 5.73. The van der Waals surface area contributed by atoms with Gasteiger partial charge in [0.05, 0.1) is 0 Å². The standard InChI is InChI=1S/C17H13N4.Ir/c1-12-4-3-5-13(2)17(12)15-8-14(9-18)6-7-16(15)21-11-19-10-20-21;/h3-6,8,10-11H,1-2H3;/q-1;. The number of aryl methyl sites for hydroxylation is 2. The smallest absolute Gasteiger partial charge is 0.138 e. The fourth-order valence-electron chi connectivity index (χ4n) is 2.50. The zero-order valence-electron chi connectivity index (χ0n) is 12.2. The van der Waals surface area contributed by atoms with Crippen LogP contribution in [-0.2, 0) is 20.1 Å². The van der Waals surface area contributed by atoms with E-state index in [-0.39, 0.29) is 20.1 Å². The van der Waals surface area contributed by atoms with Crippen molar-refractivity contribution in [2.45, 2.75) is 13.8 Å². The normalized spacial score (nSPS) is 9.86. The number of benzene rings is 2. The van der Waals surface area contributed by atoms with E-state index in [1.54, 1.807) is 17.1 Å². The van der Waals surface area contributed by atoms with Crippen molar-refractivity contribution in [3.8, 4) is 22.9 Å². The molecule has 3 aromatic rings. The second-order valence-electron chi connectivity index (χ2n) is 4.87. The van der Waals surface area contributed by atoms with E-state index < -0.39 is 0 Å². The molecule has 111 valence electrons. The third kappa shape index (κ3) is 2.85. The predicted octanol–water partition coefficient (Wildman–Crippen LogP) is 3.22. The predicted molar refractivity (Wildman–Crippen MR) is 79.8 cm³/mol. The molecular weight excluding hydrogens is 452 g/mol. The number of hydrogen-bond acceptors (Lipinski definition) is 3. The van der Waals surface area contributed by atoms with Crippen LogP contribution in [0.2, 0.25) is 0 Å². The van der Waals surface area contributed by atoms with Crippen molar-refractivity contribution in [1.29, 1.82) is 5.26 Å². The Hall–Kier alpha value is -2.28. The van der Waals surface area contributed by atoms with Gasteiger partial charge in [0, 0.05) is 26.2 Å². The first-order valence-corrected chi connectivity index (χ1v) is 6.58. The van der Waals surface area contributed by atoms with E-state index in [1.807, 2.05) is 12.1 Å². The zero-order chi connectivity index (χ0) is 14.8. The maximum atomic E-state index is 9.16. The molecule has 1 aromatic heterocycles. The van der Waals surface area contributed by atoms with E-state index in [0.717, 1.165) is 27.9 Å². The summed E-state index contributed by atoms with van der Waals surface area (Å²) in [5, 5.41) is 13.3. The Bertz CT molecular complexity index is 812. The average Bonchev–Trinajstić information content (AvgIpc) is 3.01. The number of nitrogens with zero attached hydrogens (tertiary/aromatic N) is 4. The first-order chi connectivity index (χ1) is 10.2. The van der Waals surface area contributed by atoms with Crippen LogP contribution in [0.4, 0.5) is 0 Å². The molecule has 0 saturated heterocycles. The van der Waals surface area contributed by atoms with Crippen LogP contribution in [0.15, 0.2) is 43.0 Å². The summed E-state index contributed by atoms with van der Waals surface area (Å²) in [5.74, 6) is 0. The van der Waals surface area contributed by atoms with Crippen LogP contribution in [0.3, 0.4) is 0 Å². The summed E-state index contributed by atoms with van der Waals surface area (Å²) in [6.45, 7) is 4.12. The fraction of sp³-hybridized carbons (Fsp3) is 0.118. The molecule has 0 amide bonds. The monoisotopic (exact) mass is 466 g/mol. The minimum atomic E-state index is 0. The second-order valence-corrected chi connectivity index (χ2v) is 4.87. The third-order valence-electron chi connectivity index (χ3n) is 3.45. The van der Waals surface area contributed by atoms with Crippen molar-refractivity contribution < 1.29 is 20.1 Å². The minimum Gasteiger partial charge on any atom is -0.245 e. The van der Waals surface area contributed by atoms with Gasteiger partial charge in [0.1, 0.15) is 12.7 Å². The van der Waals surface area contributed by atoms with Crippen molar-refractivity contribution in [3.05, 3.63) is 65.7 Å². The number of hydrogen-bond donors (Lipinski definition) is 0. The Morgan fingerprint density at radius 3 is 2.55 bits per heavy atom. The molecule has 2 aromatic carbocycles. The number of aromatic nitrogens is 3. The maximum absolute atomic E-state index is 9.16. The fourth-order valence-corrected chi connectivity index (χ4v) is 2.50. The maximum Gasteiger partial charge on any atom is 0.138 e. The summed E-state index contributed by atoms with van der Waals surface area (Å²) in [7, 11) is 0. The topological polar surface area (TPSA) is 54.5 Å². The molecule has 1 radical (unpaired) electrons. The van der Waals surface area contributed by atoms with Gasteiger partial charge in [-0.3, -0.25) is 0 Å². The SMILES string of the molecule is Cc1cccc(C)c1-c1cc(C#N)c[c-]c1-n1cncn1.[Ir]. The Morgan fingerprint density at radius 1 is 1.23 bits per heavy atom. The van der Waals surface area contributed by atoms with Gasteiger partial charge < -0.3 is 0 Å². The molecule has 3 rings (SSSR count). The van der Waals surface area contributed by atoms with E-state index >= 15 is 0 Å². The van der Waals surface area contributed by atoms with Crippen molar-refractivity contribution in [3.63, 3.8) is 0 Å². The molecular formula is C17H13IrN4-. The van der Waals surface area contributed by atoms with Crippen LogP contribution in [-0.4, -0.2) is 14.8 Å². The summed E-state index contributed by atoms with van der Waals surface area (Å²) < 4.78 is 1.67. The van der Waals surface area contributed by atoms with Gasteiger partial charge in [-0.2, -0.15) is 17.2 Å². The van der Waals surface area contributed by atoms with Crippen LogP contribution < -0.4 is 0 Å². The van der Waals surface area contributed by atoms with Gasteiger partial charge in [0.15, 0.2) is 0 Å². The summed E-state index contributed by atoms with van der Waals surface area (Å²) in [4.78, 5) is 3.99. The van der Waals surface area contributed by atoms with Crippen LogP contribution >= 0.6 is 0 Å². The molecule has 0 unspecified atom stereocenters. The summed E-state index contributed by atoms with van der Waals surface area (Å²) in [6.07, 6.45) is 3.12. The van der Waals surface area contributed by atoms with E-state index in [0.29, 0.717) is 5.56 Å². The zero-order valence-corrected chi connectivity index (χ0v) is 14.6. The molecule has 0 atom stereocenters. The molecule has 5 heteroatoms. The van der Waals surface area contributed by atoms with Crippen molar-refractivity contribution in [2.75, 3.05) is 0 Å². The Balaban J connectivity index is 0.00000176. The van der Waals surface area contributed by atoms with Crippen LogP contribution in [0.5, 0.6) is 0 Å². The third-order valence-corrected chi connectivity index (χ3v) is 3.45. The van der Waals surface area contributed by atoms with Crippen LogP contribution in [0.25, 0.3) is 16.8 Å². The summed E-state index contributed by atoms with van der Waals surface area (Å²) in [6, 6.07) is 15.0. The van der Waals surface area contributed by atoms with Gasteiger partial charge in [-0.1, -0.05) is 40.5 Å². The van der Waals surface area contributed by atoms with Gasteiger partial charge in [-0.05, 0) is 19.5 Å².